The third-order valence-corrected chi connectivity index (χ3v) is 4.04. The van der Waals surface area contributed by atoms with Crippen molar-refractivity contribution in [2.24, 2.45) is 0 Å². The predicted octanol–water partition coefficient (Wildman–Crippen LogP) is 1.27. The summed E-state index contributed by atoms with van der Waals surface area (Å²) in [5, 5.41) is 12.5. The number of aliphatic carboxylic acids is 1. The first-order valence-corrected chi connectivity index (χ1v) is 6.68. The van der Waals surface area contributed by atoms with Crippen LogP contribution < -0.4 is 5.32 Å². The summed E-state index contributed by atoms with van der Waals surface area (Å²) in [4.78, 5) is 25.2. The molecule has 0 aliphatic carbocycles. The van der Waals surface area contributed by atoms with E-state index in [1.807, 2.05) is 12.1 Å². The van der Waals surface area contributed by atoms with Crippen molar-refractivity contribution in [3.8, 4) is 0 Å². The van der Waals surface area contributed by atoms with E-state index in [1.54, 1.807) is 6.07 Å². The molecular formula is C15H20N2O3. The molecule has 20 heavy (non-hydrogen) atoms. The molecule has 0 spiro atoms. The van der Waals surface area contributed by atoms with E-state index in [1.165, 1.54) is 25.8 Å². The van der Waals surface area contributed by atoms with Gasteiger partial charge in [-0.1, -0.05) is 12.1 Å². The Morgan fingerprint density at radius 2 is 2.05 bits per heavy atom. The fourth-order valence-electron chi connectivity index (χ4n) is 2.31. The van der Waals surface area contributed by atoms with E-state index >= 15 is 0 Å². The highest BCUT2D eigenvalue weighted by molar-refractivity contribution is 5.99. The molecule has 1 amide bonds. The third kappa shape index (κ3) is 2.41. The number of likely N-dealkylation sites (N-methyl/N-ethyl adjacent to an activating group) is 1. The molecule has 0 saturated carbocycles. The van der Waals surface area contributed by atoms with Crippen LogP contribution in [0.3, 0.4) is 0 Å². The summed E-state index contributed by atoms with van der Waals surface area (Å²) in [7, 11) is 1.54. The molecule has 0 saturated heterocycles. The van der Waals surface area contributed by atoms with E-state index in [-0.39, 0.29) is 5.91 Å². The number of hydrogen-bond donors (Lipinski definition) is 2. The molecule has 1 aromatic rings. The number of carbonyl (C=O) groups excluding carboxylic acids is 1. The van der Waals surface area contributed by atoms with Crippen LogP contribution in [-0.2, 0) is 17.8 Å². The maximum Gasteiger partial charge on any atom is 0.329 e. The number of nitrogens with one attached hydrogen (secondary N) is 1. The second-order valence-corrected chi connectivity index (χ2v) is 5.60. The highest BCUT2D eigenvalue weighted by atomic mass is 16.4. The lowest BCUT2D eigenvalue weighted by Gasteiger charge is -2.32. The van der Waals surface area contributed by atoms with Gasteiger partial charge in [0.05, 0.1) is 0 Å². The zero-order chi connectivity index (χ0) is 14.9. The van der Waals surface area contributed by atoms with E-state index in [4.69, 9.17) is 0 Å². The molecule has 1 heterocycles. The minimum atomic E-state index is -1.23. The first-order chi connectivity index (χ1) is 9.35. The zero-order valence-corrected chi connectivity index (χ0v) is 12.1. The van der Waals surface area contributed by atoms with Gasteiger partial charge in [0.2, 0.25) is 0 Å². The lowest BCUT2D eigenvalue weighted by molar-refractivity contribution is -0.147. The van der Waals surface area contributed by atoms with Crippen molar-refractivity contribution in [2.75, 3.05) is 13.6 Å². The molecule has 1 aliphatic rings. The molecule has 0 fully saturated rings. The Hall–Kier alpha value is -1.88. The summed E-state index contributed by atoms with van der Waals surface area (Å²) in [6.45, 7) is 4.65. The normalized spacial score (nSPS) is 14.6. The highest BCUT2D eigenvalue weighted by Crippen LogP contribution is 2.23. The minimum absolute atomic E-state index is 0.240. The van der Waals surface area contributed by atoms with Crippen LogP contribution in [0.1, 0.15) is 35.3 Å². The van der Waals surface area contributed by atoms with Gasteiger partial charge >= 0.3 is 5.97 Å². The number of amides is 1. The molecule has 0 bridgehead atoms. The summed E-state index contributed by atoms with van der Waals surface area (Å²) in [6, 6.07) is 5.63. The van der Waals surface area contributed by atoms with E-state index in [0.29, 0.717) is 5.56 Å². The van der Waals surface area contributed by atoms with Crippen molar-refractivity contribution in [1.82, 2.24) is 10.2 Å². The van der Waals surface area contributed by atoms with Crippen LogP contribution in [0.2, 0.25) is 0 Å². The number of fused-ring (bicyclic) bond motifs is 1. The van der Waals surface area contributed by atoms with Crippen LogP contribution >= 0.6 is 0 Å². The Kier molecular flexibility index (Phi) is 3.81. The first-order valence-electron chi connectivity index (χ1n) is 6.68. The van der Waals surface area contributed by atoms with E-state index < -0.39 is 11.5 Å². The number of hydrogen-bond acceptors (Lipinski definition) is 3. The Labute approximate surface area is 118 Å². The standard InChI is InChI=1S/C15H20N2O3/c1-15(2,14(19)20)17(3)13(18)12-6-4-5-10-9-16-8-7-11(10)12/h4-6,16H,7-9H2,1-3H3,(H,19,20). The monoisotopic (exact) mass is 276 g/mol. The Balaban J connectivity index is 2.37. The van der Waals surface area contributed by atoms with Crippen molar-refractivity contribution < 1.29 is 14.7 Å². The van der Waals surface area contributed by atoms with Crippen LogP contribution in [0.25, 0.3) is 0 Å². The smallest absolute Gasteiger partial charge is 0.329 e. The summed E-state index contributed by atoms with van der Waals surface area (Å²) in [5.41, 5.74) is 1.53. The number of rotatable bonds is 3. The van der Waals surface area contributed by atoms with Crippen molar-refractivity contribution >= 4 is 11.9 Å². The highest BCUT2D eigenvalue weighted by Gasteiger charge is 2.36. The molecule has 108 valence electrons. The van der Waals surface area contributed by atoms with Gasteiger partial charge in [0.15, 0.2) is 0 Å². The quantitative estimate of drug-likeness (QED) is 0.872. The van der Waals surface area contributed by atoms with Crippen molar-refractivity contribution in [1.29, 1.82) is 0 Å². The van der Waals surface area contributed by atoms with Gasteiger partial charge in [-0.05, 0) is 44.0 Å². The maximum atomic E-state index is 12.6. The lowest BCUT2D eigenvalue weighted by atomic mass is 9.93. The van der Waals surface area contributed by atoms with Crippen molar-refractivity contribution in [3.63, 3.8) is 0 Å². The fourth-order valence-corrected chi connectivity index (χ4v) is 2.31. The molecule has 0 unspecified atom stereocenters. The average Bonchev–Trinajstić information content (AvgIpc) is 2.44. The van der Waals surface area contributed by atoms with Crippen LogP contribution in [0.4, 0.5) is 0 Å². The van der Waals surface area contributed by atoms with E-state index in [9.17, 15) is 14.7 Å². The lowest BCUT2D eigenvalue weighted by Crippen LogP contribution is -2.51. The van der Waals surface area contributed by atoms with E-state index in [2.05, 4.69) is 5.32 Å². The van der Waals surface area contributed by atoms with Gasteiger partial charge in [-0.25, -0.2) is 4.79 Å². The number of benzene rings is 1. The molecule has 2 rings (SSSR count). The van der Waals surface area contributed by atoms with Crippen LogP contribution in [-0.4, -0.2) is 41.0 Å². The SMILES string of the molecule is CN(C(=O)c1cccc2c1CCNC2)C(C)(C)C(=O)O. The molecule has 1 aromatic carbocycles. The van der Waals surface area contributed by atoms with Crippen LogP contribution in [0.5, 0.6) is 0 Å². The second-order valence-electron chi connectivity index (χ2n) is 5.60. The molecule has 0 aromatic heterocycles. The van der Waals surface area contributed by atoms with Crippen LogP contribution in [0.15, 0.2) is 18.2 Å². The predicted molar refractivity (Wildman–Crippen MR) is 75.7 cm³/mol. The van der Waals surface area contributed by atoms with Gasteiger partial charge in [-0.3, -0.25) is 4.79 Å². The third-order valence-electron chi connectivity index (χ3n) is 4.04. The Bertz CT molecular complexity index is 552. The van der Waals surface area contributed by atoms with Crippen LogP contribution in [0, 0.1) is 0 Å². The number of carboxylic acid groups (broad SMARTS) is 1. The largest absolute Gasteiger partial charge is 0.480 e. The minimum Gasteiger partial charge on any atom is -0.480 e. The first kappa shape index (κ1) is 14.5. The Morgan fingerprint density at radius 3 is 2.70 bits per heavy atom. The maximum absolute atomic E-state index is 12.6. The van der Waals surface area contributed by atoms with Gasteiger partial charge < -0.3 is 15.3 Å². The molecule has 0 atom stereocenters. The van der Waals surface area contributed by atoms with Gasteiger partial charge in [-0.15, -0.1) is 0 Å². The van der Waals surface area contributed by atoms with Gasteiger partial charge in [0.1, 0.15) is 5.54 Å². The summed E-state index contributed by atoms with van der Waals surface area (Å²) in [5.74, 6) is -1.25. The van der Waals surface area contributed by atoms with Gasteiger partial charge in [0, 0.05) is 19.2 Å². The average molecular weight is 276 g/mol. The van der Waals surface area contributed by atoms with Crippen molar-refractivity contribution in [3.05, 3.63) is 34.9 Å². The number of carboxylic acids is 1. The molecule has 2 N–H and O–H groups in total. The summed E-state index contributed by atoms with van der Waals surface area (Å²) >= 11 is 0. The zero-order valence-electron chi connectivity index (χ0n) is 12.1. The second kappa shape index (κ2) is 5.25. The Morgan fingerprint density at radius 1 is 1.35 bits per heavy atom. The molecular weight excluding hydrogens is 256 g/mol. The summed E-state index contributed by atoms with van der Waals surface area (Å²) in [6.07, 6.45) is 0.790. The summed E-state index contributed by atoms with van der Waals surface area (Å²) < 4.78 is 0. The number of carbonyl (C=O) groups is 2. The number of nitrogens with zero attached hydrogens (tertiary/aromatic N) is 1. The molecule has 0 radical (unpaired) electrons. The molecule has 5 nitrogen and oxygen atoms in total. The molecule has 1 aliphatic heterocycles. The topological polar surface area (TPSA) is 69.6 Å². The van der Waals surface area contributed by atoms with E-state index in [0.717, 1.165) is 30.6 Å². The van der Waals surface area contributed by atoms with Gasteiger partial charge in [-0.2, -0.15) is 0 Å². The van der Waals surface area contributed by atoms with Gasteiger partial charge in [0.25, 0.3) is 5.91 Å². The fraction of sp³-hybridized carbons (Fsp3) is 0.467. The molecule has 5 heteroatoms. The van der Waals surface area contributed by atoms with Crippen molar-refractivity contribution in [2.45, 2.75) is 32.4 Å².